The molecule has 16 heavy (non-hydrogen) atoms. The predicted molar refractivity (Wildman–Crippen MR) is 62.2 cm³/mol. The molecule has 90 valence electrons. The Morgan fingerprint density at radius 3 is 3.19 bits per heavy atom. The summed E-state index contributed by atoms with van der Waals surface area (Å²) in [6, 6.07) is 2.04. The Labute approximate surface area is 96.6 Å². The van der Waals surface area contributed by atoms with E-state index in [1.807, 2.05) is 13.1 Å². The molecule has 4 nitrogen and oxygen atoms in total. The van der Waals surface area contributed by atoms with E-state index >= 15 is 0 Å². The Balaban J connectivity index is 1.93. The molecule has 1 N–H and O–H groups in total. The third kappa shape index (κ3) is 3.07. The van der Waals surface area contributed by atoms with Crippen molar-refractivity contribution in [3.8, 4) is 0 Å². The highest BCUT2D eigenvalue weighted by Gasteiger charge is 2.13. The van der Waals surface area contributed by atoms with Crippen LogP contribution in [0.25, 0.3) is 0 Å². The van der Waals surface area contributed by atoms with Crippen molar-refractivity contribution in [3.63, 3.8) is 0 Å². The van der Waals surface area contributed by atoms with E-state index in [2.05, 4.69) is 10.2 Å². The number of furan rings is 1. The molecule has 4 heteroatoms. The van der Waals surface area contributed by atoms with Crippen LogP contribution in [0.4, 0.5) is 0 Å². The molecule has 0 aliphatic carbocycles. The monoisotopic (exact) mass is 224 g/mol. The maximum absolute atomic E-state index is 5.54. The lowest BCUT2D eigenvalue weighted by molar-refractivity contribution is 0.139. The van der Waals surface area contributed by atoms with Gasteiger partial charge in [0.1, 0.15) is 5.76 Å². The van der Waals surface area contributed by atoms with Gasteiger partial charge in [-0.1, -0.05) is 0 Å². The van der Waals surface area contributed by atoms with Gasteiger partial charge in [0.15, 0.2) is 0 Å². The largest absolute Gasteiger partial charge is 0.468 e. The summed E-state index contributed by atoms with van der Waals surface area (Å²) in [5, 5.41) is 3.16. The number of ether oxygens (including phenoxy) is 1. The summed E-state index contributed by atoms with van der Waals surface area (Å²) < 4.78 is 11.0. The molecule has 2 rings (SSSR count). The van der Waals surface area contributed by atoms with Crippen molar-refractivity contribution < 1.29 is 9.15 Å². The van der Waals surface area contributed by atoms with Gasteiger partial charge >= 0.3 is 0 Å². The molecule has 0 amide bonds. The van der Waals surface area contributed by atoms with Gasteiger partial charge in [-0.15, -0.1) is 0 Å². The smallest absolute Gasteiger partial charge is 0.122 e. The molecule has 1 aromatic heterocycles. The number of hydrogen-bond donors (Lipinski definition) is 1. The van der Waals surface area contributed by atoms with Gasteiger partial charge in [-0.25, -0.2) is 0 Å². The summed E-state index contributed by atoms with van der Waals surface area (Å²) >= 11 is 0. The lowest BCUT2D eigenvalue weighted by Crippen LogP contribution is -2.26. The summed E-state index contributed by atoms with van der Waals surface area (Å²) in [4.78, 5) is 2.39. The van der Waals surface area contributed by atoms with Crippen LogP contribution < -0.4 is 5.32 Å². The van der Waals surface area contributed by atoms with Crippen LogP contribution in [0.15, 0.2) is 16.7 Å². The van der Waals surface area contributed by atoms with Crippen molar-refractivity contribution in [2.24, 2.45) is 0 Å². The number of nitrogens with one attached hydrogen (secondary N) is 1. The van der Waals surface area contributed by atoms with Crippen molar-refractivity contribution in [3.05, 3.63) is 23.7 Å². The third-order valence-electron chi connectivity index (χ3n) is 2.89. The van der Waals surface area contributed by atoms with Crippen molar-refractivity contribution in [2.75, 3.05) is 33.4 Å². The van der Waals surface area contributed by atoms with Crippen LogP contribution in [0.3, 0.4) is 0 Å². The normalized spacial score (nSPS) is 18.6. The lowest BCUT2D eigenvalue weighted by Gasteiger charge is -2.18. The molecule has 0 atom stereocenters. The van der Waals surface area contributed by atoms with E-state index in [9.17, 15) is 0 Å². The second-order valence-electron chi connectivity index (χ2n) is 4.14. The van der Waals surface area contributed by atoms with E-state index in [0.29, 0.717) is 0 Å². The summed E-state index contributed by atoms with van der Waals surface area (Å²) in [6.07, 6.45) is 2.89. The van der Waals surface area contributed by atoms with E-state index in [1.54, 1.807) is 6.26 Å². The maximum Gasteiger partial charge on any atom is 0.122 e. The molecule has 1 aromatic rings. The van der Waals surface area contributed by atoms with Gasteiger partial charge in [-0.2, -0.15) is 0 Å². The minimum absolute atomic E-state index is 0.835. The van der Waals surface area contributed by atoms with Crippen LogP contribution in [-0.2, 0) is 17.8 Å². The van der Waals surface area contributed by atoms with Crippen molar-refractivity contribution in [1.82, 2.24) is 10.2 Å². The summed E-state index contributed by atoms with van der Waals surface area (Å²) in [6.45, 7) is 5.59. The van der Waals surface area contributed by atoms with Gasteiger partial charge in [0.05, 0.1) is 19.4 Å². The van der Waals surface area contributed by atoms with Crippen molar-refractivity contribution in [2.45, 2.75) is 19.5 Å². The summed E-state index contributed by atoms with van der Waals surface area (Å²) in [5.74, 6) is 1.08. The summed E-state index contributed by atoms with van der Waals surface area (Å²) in [7, 11) is 1.95. The first-order chi connectivity index (χ1) is 7.90. The van der Waals surface area contributed by atoms with Crippen LogP contribution in [-0.4, -0.2) is 38.3 Å². The van der Waals surface area contributed by atoms with Gasteiger partial charge in [0.25, 0.3) is 0 Å². The highest BCUT2D eigenvalue weighted by Crippen LogP contribution is 2.14. The maximum atomic E-state index is 5.54. The molecule has 0 unspecified atom stereocenters. The Kier molecular flexibility index (Phi) is 4.39. The van der Waals surface area contributed by atoms with Crippen molar-refractivity contribution in [1.29, 1.82) is 0 Å². The zero-order valence-electron chi connectivity index (χ0n) is 9.87. The van der Waals surface area contributed by atoms with Crippen LogP contribution in [0.5, 0.6) is 0 Å². The Hall–Kier alpha value is -0.840. The molecule has 1 aliphatic rings. The fraction of sp³-hybridized carbons (Fsp3) is 0.667. The number of nitrogens with zero attached hydrogens (tertiary/aromatic N) is 1. The average Bonchev–Trinajstić information content (AvgIpc) is 2.56. The van der Waals surface area contributed by atoms with Crippen LogP contribution >= 0.6 is 0 Å². The SMILES string of the molecule is CNCc1ccoc1CN1CCCOCC1. The van der Waals surface area contributed by atoms with E-state index in [4.69, 9.17) is 9.15 Å². The van der Waals surface area contributed by atoms with Gasteiger partial charge in [0, 0.05) is 31.8 Å². The van der Waals surface area contributed by atoms with Gasteiger partial charge < -0.3 is 14.5 Å². The first-order valence-electron chi connectivity index (χ1n) is 5.90. The standard InChI is InChI=1S/C12H20N2O2/c1-13-9-11-3-7-16-12(11)10-14-4-2-6-15-8-5-14/h3,7,13H,2,4-6,8-10H2,1H3. The molecule has 0 aromatic carbocycles. The molecule has 2 heterocycles. The molecular formula is C12H20N2O2. The molecule has 1 saturated heterocycles. The summed E-state index contributed by atoms with van der Waals surface area (Å²) in [5.41, 5.74) is 1.26. The highest BCUT2D eigenvalue weighted by atomic mass is 16.5. The molecule has 0 spiro atoms. The first-order valence-corrected chi connectivity index (χ1v) is 5.90. The second kappa shape index (κ2) is 6.03. The molecule has 0 bridgehead atoms. The fourth-order valence-corrected chi connectivity index (χ4v) is 2.01. The minimum atomic E-state index is 0.835. The molecule has 0 saturated carbocycles. The van der Waals surface area contributed by atoms with Crippen molar-refractivity contribution >= 4 is 0 Å². The average molecular weight is 224 g/mol. The third-order valence-corrected chi connectivity index (χ3v) is 2.89. The Morgan fingerprint density at radius 1 is 1.38 bits per heavy atom. The second-order valence-corrected chi connectivity index (χ2v) is 4.14. The van der Waals surface area contributed by atoms with Crippen LogP contribution in [0, 0.1) is 0 Å². The lowest BCUT2D eigenvalue weighted by atomic mass is 10.2. The zero-order chi connectivity index (χ0) is 11.2. The minimum Gasteiger partial charge on any atom is -0.468 e. The van der Waals surface area contributed by atoms with Gasteiger partial charge in [-0.3, -0.25) is 4.90 Å². The fourth-order valence-electron chi connectivity index (χ4n) is 2.01. The van der Waals surface area contributed by atoms with Gasteiger partial charge in [-0.05, 0) is 19.5 Å². The molecular weight excluding hydrogens is 204 g/mol. The van der Waals surface area contributed by atoms with E-state index < -0.39 is 0 Å². The van der Waals surface area contributed by atoms with Crippen LogP contribution in [0.1, 0.15) is 17.7 Å². The van der Waals surface area contributed by atoms with Gasteiger partial charge in [0.2, 0.25) is 0 Å². The topological polar surface area (TPSA) is 37.6 Å². The van der Waals surface area contributed by atoms with E-state index in [0.717, 1.165) is 51.6 Å². The molecule has 0 radical (unpaired) electrons. The van der Waals surface area contributed by atoms with E-state index in [1.165, 1.54) is 5.56 Å². The molecule has 1 aliphatic heterocycles. The Bertz CT molecular complexity index is 304. The van der Waals surface area contributed by atoms with E-state index in [-0.39, 0.29) is 0 Å². The number of rotatable bonds is 4. The molecule has 1 fully saturated rings. The zero-order valence-corrected chi connectivity index (χ0v) is 9.87. The van der Waals surface area contributed by atoms with Crippen LogP contribution in [0.2, 0.25) is 0 Å². The Morgan fingerprint density at radius 2 is 2.31 bits per heavy atom. The highest BCUT2D eigenvalue weighted by molar-refractivity contribution is 5.16. The quantitative estimate of drug-likeness (QED) is 0.834. The first kappa shape index (κ1) is 11.6. The number of hydrogen-bond acceptors (Lipinski definition) is 4. The predicted octanol–water partition coefficient (Wildman–Crippen LogP) is 1.22.